The van der Waals surface area contributed by atoms with Gasteiger partial charge in [0, 0.05) is 18.1 Å². The molecule has 1 aromatic carbocycles. The molecular weight excluding hydrogens is 400 g/mol. The molecule has 3 aromatic rings. The molecule has 0 aliphatic heterocycles. The lowest BCUT2D eigenvalue weighted by molar-refractivity contribution is 0.0925. The fourth-order valence-electron chi connectivity index (χ4n) is 4.11. The summed E-state index contributed by atoms with van der Waals surface area (Å²) in [5.74, 6) is 0.556. The van der Waals surface area contributed by atoms with E-state index in [1.807, 2.05) is 0 Å². The van der Waals surface area contributed by atoms with Crippen molar-refractivity contribution in [1.29, 1.82) is 0 Å². The number of nitrogens with one attached hydrogen (secondary N) is 1. The van der Waals surface area contributed by atoms with Crippen LogP contribution >= 0.6 is 0 Å². The van der Waals surface area contributed by atoms with Gasteiger partial charge in [0.05, 0.1) is 16.3 Å². The number of furan rings is 1. The summed E-state index contributed by atoms with van der Waals surface area (Å²) in [7, 11) is -3.31. The van der Waals surface area contributed by atoms with Crippen molar-refractivity contribution in [2.45, 2.75) is 55.7 Å². The smallest absolute Gasteiger partial charge is 0.287 e. The van der Waals surface area contributed by atoms with Crippen molar-refractivity contribution in [2.24, 2.45) is 5.92 Å². The van der Waals surface area contributed by atoms with Crippen molar-refractivity contribution in [3.8, 4) is 0 Å². The fraction of sp³-hybridized carbons (Fsp3) is 0.391. The molecule has 1 N–H and O–H groups in total. The molecule has 0 bridgehead atoms. The van der Waals surface area contributed by atoms with Crippen molar-refractivity contribution in [3.63, 3.8) is 0 Å². The summed E-state index contributed by atoms with van der Waals surface area (Å²) in [4.78, 5) is 16.7. The Balaban J connectivity index is 1.38. The van der Waals surface area contributed by atoms with Gasteiger partial charge in [0.2, 0.25) is 0 Å². The van der Waals surface area contributed by atoms with Gasteiger partial charge in [0.15, 0.2) is 21.2 Å². The molecule has 0 spiro atoms. The maximum atomic E-state index is 12.9. The number of amides is 1. The van der Waals surface area contributed by atoms with Gasteiger partial charge in [0.25, 0.3) is 5.91 Å². The number of aromatic nitrogens is 1. The first-order valence-electron chi connectivity index (χ1n) is 10.4. The van der Waals surface area contributed by atoms with Gasteiger partial charge < -0.3 is 9.73 Å². The average Bonchev–Trinajstić information content (AvgIpc) is 3.22. The molecule has 0 saturated heterocycles. The molecule has 158 valence electrons. The van der Waals surface area contributed by atoms with Gasteiger partial charge in [-0.3, -0.25) is 9.78 Å². The zero-order valence-corrected chi connectivity index (χ0v) is 17.8. The second kappa shape index (κ2) is 8.60. The second-order valence-electron chi connectivity index (χ2n) is 7.95. The molecule has 1 aliphatic carbocycles. The minimum atomic E-state index is -3.31. The van der Waals surface area contributed by atoms with Gasteiger partial charge in [0.1, 0.15) is 0 Å². The van der Waals surface area contributed by atoms with E-state index in [-0.39, 0.29) is 23.5 Å². The maximum Gasteiger partial charge on any atom is 0.287 e. The van der Waals surface area contributed by atoms with E-state index in [4.69, 9.17) is 4.42 Å². The first-order chi connectivity index (χ1) is 14.5. The lowest BCUT2D eigenvalue weighted by atomic mass is 9.87. The number of benzene rings is 1. The van der Waals surface area contributed by atoms with E-state index in [0.29, 0.717) is 16.4 Å². The van der Waals surface area contributed by atoms with Gasteiger partial charge in [-0.15, -0.1) is 0 Å². The summed E-state index contributed by atoms with van der Waals surface area (Å²) >= 11 is 0. The number of carbonyl (C=O) groups is 1. The summed E-state index contributed by atoms with van der Waals surface area (Å²) in [6.07, 6.45) is 7.80. The summed E-state index contributed by atoms with van der Waals surface area (Å²) < 4.78 is 31.4. The van der Waals surface area contributed by atoms with Crippen LogP contribution in [-0.2, 0) is 16.4 Å². The van der Waals surface area contributed by atoms with Gasteiger partial charge in [-0.2, -0.15) is 0 Å². The Bertz CT molecular complexity index is 1090. The van der Waals surface area contributed by atoms with Crippen LogP contribution in [0.1, 0.15) is 55.1 Å². The van der Waals surface area contributed by atoms with Crippen molar-refractivity contribution in [2.75, 3.05) is 0 Å². The molecule has 2 aromatic heterocycles. The molecule has 6 nitrogen and oxygen atoms in total. The fourth-order valence-corrected chi connectivity index (χ4v) is 5.90. The number of nitrogens with zero attached hydrogens (tertiary/aromatic N) is 1. The van der Waals surface area contributed by atoms with Gasteiger partial charge in [-0.25, -0.2) is 8.42 Å². The molecule has 0 atom stereocenters. The molecule has 2 heterocycles. The highest BCUT2D eigenvalue weighted by atomic mass is 32.2. The van der Waals surface area contributed by atoms with E-state index < -0.39 is 9.84 Å². The number of hydrogen-bond donors (Lipinski definition) is 1. The number of carbonyl (C=O) groups excluding carboxylic acids is 1. The van der Waals surface area contributed by atoms with Gasteiger partial charge >= 0.3 is 0 Å². The molecule has 0 radical (unpaired) electrons. The van der Waals surface area contributed by atoms with Gasteiger partial charge in [-0.05, 0) is 61.4 Å². The summed E-state index contributed by atoms with van der Waals surface area (Å²) in [5.41, 5.74) is 1.39. The SMILES string of the molecule is CCC1CCC(S(=O)(=O)c2ccc(CNC(=O)c3cc4ccncc4o3)cc2)CC1. The minimum absolute atomic E-state index is 0.222. The highest BCUT2D eigenvalue weighted by Gasteiger charge is 2.31. The van der Waals surface area contributed by atoms with Crippen molar-refractivity contribution >= 4 is 26.7 Å². The summed E-state index contributed by atoms with van der Waals surface area (Å²) in [5, 5.41) is 3.34. The third kappa shape index (κ3) is 4.26. The molecule has 30 heavy (non-hydrogen) atoms. The van der Waals surface area contributed by atoms with Crippen molar-refractivity contribution in [3.05, 3.63) is 60.1 Å². The van der Waals surface area contributed by atoms with Crippen LogP contribution in [0.25, 0.3) is 11.0 Å². The molecule has 0 unspecified atom stereocenters. The van der Waals surface area contributed by atoms with E-state index in [2.05, 4.69) is 17.2 Å². The molecular formula is C23H26N2O4S. The first-order valence-corrected chi connectivity index (χ1v) is 12.0. The van der Waals surface area contributed by atoms with Crippen LogP contribution in [-0.4, -0.2) is 24.6 Å². The summed E-state index contributed by atoms with van der Waals surface area (Å²) in [6, 6.07) is 10.3. The van der Waals surface area contributed by atoms with Crippen LogP contribution in [0.2, 0.25) is 0 Å². The Kier molecular flexibility index (Phi) is 5.90. The van der Waals surface area contributed by atoms with Crippen molar-refractivity contribution < 1.29 is 17.6 Å². The Hall–Kier alpha value is -2.67. The van der Waals surface area contributed by atoms with E-state index in [0.717, 1.165) is 43.1 Å². The molecule has 1 saturated carbocycles. The van der Waals surface area contributed by atoms with Crippen LogP contribution < -0.4 is 5.32 Å². The predicted octanol–water partition coefficient (Wildman–Crippen LogP) is 4.50. The highest BCUT2D eigenvalue weighted by Crippen LogP contribution is 2.33. The van der Waals surface area contributed by atoms with E-state index in [1.165, 1.54) is 0 Å². The third-order valence-corrected chi connectivity index (χ3v) is 8.34. The number of rotatable bonds is 6. The minimum Gasteiger partial charge on any atom is -0.449 e. The Labute approximate surface area is 176 Å². The van der Waals surface area contributed by atoms with Gasteiger partial charge in [-0.1, -0.05) is 25.5 Å². The van der Waals surface area contributed by atoms with E-state index >= 15 is 0 Å². The Morgan fingerprint density at radius 2 is 1.87 bits per heavy atom. The topological polar surface area (TPSA) is 89.3 Å². The quantitative estimate of drug-likeness (QED) is 0.627. The highest BCUT2D eigenvalue weighted by molar-refractivity contribution is 7.92. The summed E-state index contributed by atoms with van der Waals surface area (Å²) in [6.45, 7) is 2.46. The third-order valence-electron chi connectivity index (χ3n) is 6.06. The second-order valence-corrected chi connectivity index (χ2v) is 10.2. The monoisotopic (exact) mass is 426 g/mol. The van der Waals surface area contributed by atoms with Crippen LogP contribution in [0.4, 0.5) is 0 Å². The molecule has 1 amide bonds. The molecule has 1 fully saturated rings. The lowest BCUT2D eigenvalue weighted by Gasteiger charge is -2.27. The Morgan fingerprint density at radius 1 is 1.13 bits per heavy atom. The maximum absolute atomic E-state index is 12.9. The Morgan fingerprint density at radius 3 is 2.53 bits per heavy atom. The molecule has 1 aliphatic rings. The predicted molar refractivity (Wildman–Crippen MR) is 115 cm³/mol. The lowest BCUT2D eigenvalue weighted by Crippen LogP contribution is -2.27. The van der Waals surface area contributed by atoms with E-state index in [9.17, 15) is 13.2 Å². The number of fused-ring (bicyclic) bond motifs is 1. The number of sulfone groups is 1. The average molecular weight is 427 g/mol. The van der Waals surface area contributed by atoms with Crippen LogP contribution in [0, 0.1) is 5.92 Å². The number of hydrogen-bond acceptors (Lipinski definition) is 5. The van der Waals surface area contributed by atoms with Crippen LogP contribution in [0.15, 0.2) is 58.1 Å². The largest absolute Gasteiger partial charge is 0.449 e. The van der Waals surface area contributed by atoms with Crippen molar-refractivity contribution in [1.82, 2.24) is 10.3 Å². The van der Waals surface area contributed by atoms with E-state index in [1.54, 1.807) is 48.8 Å². The zero-order chi connectivity index (χ0) is 21.1. The molecule has 4 rings (SSSR count). The molecule has 7 heteroatoms. The van der Waals surface area contributed by atoms with Crippen LogP contribution in [0.5, 0.6) is 0 Å². The zero-order valence-electron chi connectivity index (χ0n) is 17.0. The van der Waals surface area contributed by atoms with Crippen LogP contribution in [0.3, 0.4) is 0 Å². The first kappa shape index (κ1) is 20.6. The normalized spacial score (nSPS) is 19.6. The number of pyridine rings is 1. The standard InChI is InChI=1S/C23H26N2O4S/c1-2-16-3-7-19(8-4-16)30(27,28)20-9-5-17(6-10-20)14-25-23(26)21-13-18-11-12-24-15-22(18)29-21/h5-6,9-13,15-16,19H,2-4,7-8,14H2,1H3,(H,25,26).